The molecular formula is C31H46CaN2O. The molecule has 0 bridgehead atoms. The summed E-state index contributed by atoms with van der Waals surface area (Å²) in [5.41, 5.74) is 9.45. The van der Waals surface area contributed by atoms with Crippen LogP contribution >= 0.6 is 0 Å². The van der Waals surface area contributed by atoms with Gasteiger partial charge in [0.2, 0.25) is 0 Å². The van der Waals surface area contributed by atoms with Crippen molar-refractivity contribution in [2.45, 2.75) is 99.8 Å². The van der Waals surface area contributed by atoms with Crippen LogP contribution in [0.25, 0.3) is 5.32 Å². The van der Waals surface area contributed by atoms with Crippen LogP contribution in [0, 0.1) is 0 Å². The summed E-state index contributed by atoms with van der Waals surface area (Å²) in [4.78, 5) is 5.08. The van der Waals surface area contributed by atoms with E-state index in [0.29, 0.717) is 23.7 Å². The van der Waals surface area contributed by atoms with Crippen LogP contribution in [0.3, 0.4) is 0 Å². The first-order chi connectivity index (χ1) is 15.9. The first-order valence-electron chi connectivity index (χ1n) is 12.7. The second-order valence-electron chi connectivity index (χ2n) is 10.1. The van der Waals surface area contributed by atoms with Crippen LogP contribution in [0.2, 0.25) is 0 Å². The van der Waals surface area contributed by atoms with Crippen molar-refractivity contribution in [3.63, 3.8) is 0 Å². The van der Waals surface area contributed by atoms with Crippen molar-refractivity contribution in [1.82, 2.24) is 0 Å². The number of rotatable bonds is 8. The molecule has 2 aromatic carbocycles. The SMILES string of the molecule is CC(/C=C(/C)[N-]c1c(C(C)C)cccc1C(C)C)=Nc1c(C(C)C)cccc1C(C)C.CC[O-].[Ca+2]. The van der Waals surface area contributed by atoms with Gasteiger partial charge < -0.3 is 10.4 Å². The molecule has 0 aliphatic carbocycles. The molecule has 0 unspecified atom stereocenters. The summed E-state index contributed by atoms with van der Waals surface area (Å²) in [6.45, 7) is 23.6. The fraction of sp³-hybridized carbons (Fsp3) is 0.516. The largest absolute Gasteiger partial charge is 2.00 e. The van der Waals surface area contributed by atoms with Gasteiger partial charge >= 0.3 is 37.7 Å². The smallest absolute Gasteiger partial charge is 0.855 e. The Hall–Kier alpha value is -1.13. The Morgan fingerprint density at radius 2 is 1.11 bits per heavy atom. The molecule has 0 amide bonds. The summed E-state index contributed by atoms with van der Waals surface area (Å²) >= 11 is 0. The van der Waals surface area contributed by atoms with Crippen LogP contribution in [0.4, 0.5) is 11.4 Å². The summed E-state index contributed by atoms with van der Waals surface area (Å²) < 4.78 is 0. The van der Waals surface area contributed by atoms with Gasteiger partial charge in [-0.3, -0.25) is 4.99 Å². The predicted molar refractivity (Wildman–Crippen MR) is 155 cm³/mol. The quantitative estimate of drug-likeness (QED) is 0.263. The Labute approximate surface area is 245 Å². The van der Waals surface area contributed by atoms with Crippen LogP contribution in [0.1, 0.15) is 122 Å². The van der Waals surface area contributed by atoms with Gasteiger partial charge in [-0.05, 0) is 41.7 Å². The van der Waals surface area contributed by atoms with E-state index >= 15 is 0 Å². The minimum Gasteiger partial charge on any atom is -0.855 e. The molecule has 35 heavy (non-hydrogen) atoms. The summed E-state index contributed by atoms with van der Waals surface area (Å²) in [7, 11) is 0. The minimum absolute atomic E-state index is 0. The molecule has 4 heteroatoms. The average Bonchev–Trinajstić information content (AvgIpc) is 2.73. The van der Waals surface area contributed by atoms with E-state index < -0.39 is 0 Å². The van der Waals surface area contributed by atoms with Crippen molar-refractivity contribution in [2.24, 2.45) is 4.99 Å². The number of para-hydroxylation sites is 2. The average molecular weight is 503 g/mol. The van der Waals surface area contributed by atoms with E-state index in [1.165, 1.54) is 22.3 Å². The molecule has 188 valence electrons. The van der Waals surface area contributed by atoms with Crippen molar-refractivity contribution in [3.05, 3.63) is 75.7 Å². The molecule has 3 nitrogen and oxygen atoms in total. The van der Waals surface area contributed by atoms with Gasteiger partial charge in [0.05, 0.1) is 5.69 Å². The van der Waals surface area contributed by atoms with Gasteiger partial charge in [0, 0.05) is 5.71 Å². The molecule has 0 spiro atoms. The Kier molecular flexibility index (Phi) is 16.0. The van der Waals surface area contributed by atoms with Crippen LogP contribution in [-0.4, -0.2) is 50.1 Å². The number of aliphatic imine (C=N–C) groups is 1. The first-order valence-corrected chi connectivity index (χ1v) is 12.7. The fourth-order valence-electron chi connectivity index (χ4n) is 4.00. The summed E-state index contributed by atoms with van der Waals surface area (Å²) in [6, 6.07) is 13.1. The van der Waals surface area contributed by atoms with Crippen molar-refractivity contribution in [3.8, 4) is 0 Å². The molecule has 2 aromatic rings. The second-order valence-corrected chi connectivity index (χ2v) is 10.1. The zero-order chi connectivity index (χ0) is 26.0. The molecule has 0 saturated heterocycles. The molecule has 0 aliphatic rings. The van der Waals surface area contributed by atoms with Gasteiger partial charge in [0.15, 0.2) is 0 Å². The zero-order valence-electron chi connectivity index (χ0n) is 24.1. The minimum atomic E-state index is 0. The van der Waals surface area contributed by atoms with Gasteiger partial charge in [0.1, 0.15) is 0 Å². The summed E-state index contributed by atoms with van der Waals surface area (Å²) in [6.07, 6.45) is 2.11. The Morgan fingerprint density at radius 1 is 0.771 bits per heavy atom. The van der Waals surface area contributed by atoms with Gasteiger partial charge in [0.25, 0.3) is 0 Å². The van der Waals surface area contributed by atoms with Crippen molar-refractivity contribution in [1.29, 1.82) is 0 Å². The third kappa shape index (κ3) is 10.4. The van der Waals surface area contributed by atoms with E-state index in [1.54, 1.807) is 6.92 Å². The van der Waals surface area contributed by atoms with Gasteiger partial charge in [-0.25, -0.2) is 0 Å². The van der Waals surface area contributed by atoms with Crippen LogP contribution < -0.4 is 5.11 Å². The maximum absolute atomic E-state index is 8.93. The van der Waals surface area contributed by atoms with E-state index in [1.807, 2.05) is 0 Å². The zero-order valence-corrected chi connectivity index (χ0v) is 26.3. The summed E-state index contributed by atoms with van der Waals surface area (Å²) in [5, 5.41) is 14.0. The Balaban J connectivity index is 0.00000274. The first kappa shape index (κ1) is 33.9. The third-order valence-corrected chi connectivity index (χ3v) is 5.68. The molecule has 0 fully saturated rings. The standard InChI is InChI=1S/C29H41N2.C2H5O.Ca/c1-18(2)24-13-11-14-25(19(3)4)28(24)30-22(9)17-23(10)31-29-26(20(5)6)15-12-16-27(29)21(7)8;1-2-3;/h11-21H,1-10H3;2H2,1H3;/q2*-1;+2/b22-17-,31-23?;;. The normalized spacial score (nSPS) is 12.1. The number of hydrogen-bond acceptors (Lipinski definition) is 2. The Morgan fingerprint density at radius 3 is 1.46 bits per heavy atom. The van der Waals surface area contributed by atoms with E-state index in [-0.39, 0.29) is 44.3 Å². The molecule has 0 heterocycles. The van der Waals surface area contributed by atoms with E-state index in [2.05, 4.69) is 112 Å². The number of allylic oxidation sites excluding steroid dienone is 2. The second kappa shape index (κ2) is 16.6. The van der Waals surface area contributed by atoms with Crippen LogP contribution in [-0.2, 0) is 0 Å². The summed E-state index contributed by atoms with van der Waals surface area (Å²) in [5.74, 6) is 1.75. The molecular weight excluding hydrogens is 456 g/mol. The number of hydrogen-bond donors (Lipinski definition) is 0. The molecule has 0 saturated carbocycles. The Bertz CT molecular complexity index is 919. The van der Waals surface area contributed by atoms with Crippen molar-refractivity contribution >= 4 is 54.8 Å². The molecule has 0 aromatic heterocycles. The van der Waals surface area contributed by atoms with E-state index in [0.717, 1.165) is 22.8 Å². The molecule has 0 radical (unpaired) electrons. The maximum atomic E-state index is 8.93. The number of nitrogens with zero attached hydrogens (tertiary/aromatic N) is 2. The van der Waals surface area contributed by atoms with Crippen molar-refractivity contribution in [2.75, 3.05) is 6.61 Å². The van der Waals surface area contributed by atoms with Crippen LogP contribution in [0.15, 0.2) is 53.2 Å². The maximum Gasteiger partial charge on any atom is 2.00 e. The van der Waals surface area contributed by atoms with Crippen LogP contribution in [0.5, 0.6) is 0 Å². The van der Waals surface area contributed by atoms with Gasteiger partial charge in [-0.15, -0.1) is 12.3 Å². The van der Waals surface area contributed by atoms with E-state index in [9.17, 15) is 0 Å². The third-order valence-electron chi connectivity index (χ3n) is 5.68. The molecule has 0 atom stereocenters. The molecule has 0 N–H and O–H groups in total. The topological polar surface area (TPSA) is 49.5 Å². The molecule has 0 aliphatic heterocycles. The van der Waals surface area contributed by atoms with Gasteiger partial charge in [-0.1, -0.05) is 123 Å². The van der Waals surface area contributed by atoms with Crippen molar-refractivity contribution < 1.29 is 5.11 Å². The number of benzene rings is 2. The molecule has 2 rings (SSSR count). The van der Waals surface area contributed by atoms with Gasteiger partial charge in [-0.2, -0.15) is 5.70 Å². The monoisotopic (exact) mass is 502 g/mol. The fourth-order valence-corrected chi connectivity index (χ4v) is 4.00. The predicted octanol–water partition coefficient (Wildman–Crippen LogP) is 8.87. The van der Waals surface area contributed by atoms with E-state index in [4.69, 9.17) is 15.4 Å².